The van der Waals surface area contributed by atoms with Gasteiger partial charge in [-0.25, -0.2) is 4.98 Å². The van der Waals surface area contributed by atoms with Gasteiger partial charge in [-0.15, -0.1) is 11.3 Å². The summed E-state index contributed by atoms with van der Waals surface area (Å²) < 4.78 is 16.7. The van der Waals surface area contributed by atoms with Gasteiger partial charge in [-0.2, -0.15) is 0 Å². The van der Waals surface area contributed by atoms with Crippen LogP contribution in [-0.4, -0.2) is 30.7 Å². The highest BCUT2D eigenvalue weighted by Gasteiger charge is 2.28. The fourth-order valence-electron chi connectivity index (χ4n) is 2.81. The molecule has 0 saturated carbocycles. The molecule has 7 heteroatoms. The Morgan fingerprint density at radius 1 is 1.26 bits per heavy atom. The molecular formula is C20H18N2O4S. The SMILES string of the molecule is COc1ccc(C)cc1-c1csc(NC(=O)[C@H]2COc3ccccc3O2)n1. The van der Waals surface area contributed by atoms with E-state index in [9.17, 15) is 4.79 Å². The Bertz CT molecular complexity index is 986. The van der Waals surface area contributed by atoms with Crippen LogP contribution in [0.1, 0.15) is 5.56 Å². The third-order valence-electron chi connectivity index (χ3n) is 4.17. The molecule has 1 N–H and O–H groups in total. The van der Waals surface area contributed by atoms with Gasteiger partial charge in [-0.3, -0.25) is 10.1 Å². The topological polar surface area (TPSA) is 69.7 Å². The van der Waals surface area contributed by atoms with Crippen LogP contribution in [0.5, 0.6) is 17.2 Å². The molecule has 0 unspecified atom stereocenters. The Morgan fingerprint density at radius 2 is 2.07 bits per heavy atom. The lowest BCUT2D eigenvalue weighted by molar-refractivity contribution is -0.125. The number of amides is 1. The van der Waals surface area contributed by atoms with Gasteiger partial charge in [0.2, 0.25) is 6.10 Å². The Kier molecular flexibility index (Phi) is 4.68. The van der Waals surface area contributed by atoms with E-state index in [4.69, 9.17) is 14.2 Å². The van der Waals surface area contributed by atoms with Crippen LogP contribution in [-0.2, 0) is 4.79 Å². The number of aryl methyl sites for hydroxylation is 1. The predicted molar refractivity (Wildman–Crippen MR) is 104 cm³/mol. The highest BCUT2D eigenvalue weighted by atomic mass is 32.1. The number of carbonyl (C=O) groups excluding carboxylic acids is 1. The highest BCUT2D eigenvalue weighted by molar-refractivity contribution is 7.14. The number of para-hydroxylation sites is 2. The molecule has 0 spiro atoms. The summed E-state index contributed by atoms with van der Waals surface area (Å²) in [5.74, 6) is 1.66. The van der Waals surface area contributed by atoms with Crippen LogP contribution >= 0.6 is 11.3 Å². The van der Waals surface area contributed by atoms with Crippen molar-refractivity contribution in [1.29, 1.82) is 0 Å². The molecule has 1 aromatic heterocycles. The number of nitrogens with zero attached hydrogens (tertiary/aromatic N) is 1. The Balaban J connectivity index is 1.49. The first-order chi connectivity index (χ1) is 13.1. The number of nitrogens with one attached hydrogen (secondary N) is 1. The molecule has 6 nitrogen and oxygen atoms in total. The molecule has 0 radical (unpaired) electrons. The zero-order valence-electron chi connectivity index (χ0n) is 14.9. The number of carbonyl (C=O) groups is 1. The maximum Gasteiger partial charge on any atom is 0.270 e. The number of thiazole rings is 1. The van der Waals surface area contributed by atoms with Crippen molar-refractivity contribution >= 4 is 22.4 Å². The maximum atomic E-state index is 12.5. The number of hydrogen-bond donors (Lipinski definition) is 1. The molecular weight excluding hydrogens is 364 g/mol. The summed E-state index contributed by atoms with van der Waals surface area (Å²) in [4.78, 5) is 17.0. The second kappa shape index (κ2) is 7.28. The van der Waals surface area contributed by atoms with Gasteiger partial charge >= 0.3 is 0 Å². The molecule has 3 aromatic rings. The molecule has 0 bridgehead atoms. The molecule has 138 valence electrons. The van der Waals surface area contributed by atoms with Gasteiger partial charge in [0.05, 0.1) is 12.8 Å². The zero-order chi connectivity index (χ0) is 18.8. The van der Waals surface area contributed by atoms with Crippen LogP contribution in [0.25, 0.3) is 11.3 Å². The van der Waals surface area contributed by atoms with Crippen molar-refractivity contribution in [3.05, 3.63) is 53.4 Å². The van der Waals surface area contributed by atoms with E-state index in [1.165, 1.54) is 11.3 Å². The third kappa shape index (κ3) is 3.59. The molecule has 27 heavy (non-hydrogen) atoms. The molecule has 0 fully saturated rings. The summed E-state index contributed by atoms with van der Waals surface area (Å²) in [6, 6.07) is 13.2. The second-order valence-corrected chi connectivity index (χ2v) is 6.95. The van der Waals surface area contributed by atoms with Gasteiger partial charge in [0.1, 0.15) is 12.4 Å². The molecule has 2 aromatic carbocycles. The highest BCUT2D eigenvalue weighted by Crippen LogP contribution is 2.34. The van der Waals surface area contributed by atoms with E-state index in [0.717, 1.165) is 22.6 Å². The first kappa shape index (κ1) is 17.4. The van der Waals surface area contributed by atoms with E-state index >= 15 is 0 Å². The van der Waals surface area contributed by atoms with Gasteiger partial charge < -0.3 is 14.2 Å². The van der Waals surface area contributed by atoms with E-state index in [1.54, 1.807) is 13.2 Å². The lowest BCUT2D eigenvalue weighted by Crippen LogP contribution is -2.40. The van der Waals surface area contributed by atoms with Gasteiger partial charge in [0.25, 0.3) is 5.91 Å². The molecule has 0 aliphatic carbocycles. The number of hydrogen-bond acceptors (Lipinski definition) is 6. The first-order valence-corrected chi connectivity index (χ1v) is 9.32. The number of methoxy groups -OCH3 is 1. The largest absolute Gasteiger partial charge is 0.496 e. The Morgan fingerprint density at radius 3 is 2.89 bits per heavy atom. The van der Waals surface area contributed by atoms with Crippen molar-refractivity contribution in [2.45, 2.75) is 13.0 Å². The lowest BCUT2D eigenvalue weighted by atomic mass is 10.1. The third-order valence-corrected chi connectivity index (χ3v) is 4.92. The van der Waals surface area contributed by atoms with Crippen molar-refractivity contribution in [2.75, 3.05) is 19.0 Å². The van der Waals surface area contributed by atoms with Crippen molar-refractivity contribution in [1.82, 2.24) is 4.98 Å². The molecule has 2 heterocycles. The molecule has 1 atom stereocenters. The van der Waals surface area contributed by atoms with Crippen LogP contribution in [0.3, 0.4) is 0 Å². The monoisotopic (exact) mass is 382 g/mol. The van der Waals surface area contributed by atoms with E-state index in [1.807, 2.05) is 48.7 Å². The summed E-state index contributed by atoms with van der Waals surface area (Å²) >= 11 is 1.35. The van der Waals surface area contributed by atoms with E-state index < -0.39 is 6.10 Å². The van der Waals surface area contributed by atoms with Crippen molar-refractivity contribution in [2.24, 2.45) is 0 Å². The van der Waals surface area contributed by atoms with Crippen molar-refractivity contribution in [3.8, 4) is 28.5 Å². The summed E-state index contributed by atoms with van der Waals surface area (Å²) in [7, 11) is 1.63. The number of ether oxygens (including phenoxy) is 3. The predicted octanol–water partition coefficient (Wildman–Crippen LogP) is 3.91. The van der Waals surface area contributed by atoms with Gasteiger partial charge in [0, 0.05) is 10.9 Å². The smallest absolute Gasteiger partial charge is 0.270 e. The summed E-state index contributed by atoms with van der Waals surface area (Å²) in [6.45, 7) is 2.17. The molecule has 4 rings (SSSR count). The Labute approximate surface area is 160 Å². The van der Waals surface area contributed by atoms with Crippen LogP contribution in [0, 0.1) is 6.92 Å². The fourth-order valence-corrected chi connectivity index (χ4v) is 3.52. The molecule has 0 saturated heterocycles. The first-order valence-electron chi connectivity index (χ1n) is 8.44. The summed E-state index contributed by atoms with van der Waals surface area (Å²) in [6.07, 6.45) is -0.722. The van der Waals surface area contributed by atoms with Gasteiger partial charge in [0.15, 0.2) is 16.6 Å². The fraction of sp³-hybridized carbons (Fsp3) is 0.200. The normalized spacial score (nSPS) is 15.3. The minimum absolute atomic E-state index is 0.160. The lowest BCUT2D eigenvalue weighted by Gasteiger charge is -2.25. The number of benzene rings is 2. The number of rotatable bonds is 4. The average Bonchev–Trinajstić information content (AvgIpc) is 3.16. The molecule has 1 amide bonds. The van der Waals surface area contributed by atoms with Crippen LogP contribution < -0.4 is 19.5 Å². The molecule has 1 aliphatic rings. The van der Waals surface area contributed by atoms with Gasteiger partial charge in [-0.05, 0) is 31.2 Å². The number of fused-ring (bicyclic) bond motifs is 1. The minimum Gasteiger partial charge on any atom is -0.496 e. The van der Waals surface area contributed by atoms with Crippen LogP contribution in [0.15, 0.2) is 47.8 Å². The van der Waals surface area contributed by atoms with Crippen LogP contribution in [0.4, 0.5) is 5.13 Å². The van der Waals surface area contributed by atoms with Gasteiger partial charge in [-0.1, -0.05) is 23.8 Å². The van der Waals surface area contributed by atoms with Crippen LogP contribution in [0.2, 0.25) is 0 Å². The molecule has 1 aliphatic heterocycles. The maximum absolute atomic E-state index is 12.5. The second-order valence-electron chi connectivity index (χ2n) is 6.10. The summed E-state index contributed by atoms with van der Waals surface area (Å²) in [5.41, 5.74) is 2.75. The van der Waals surface area contributed by atoms with E-state index in [-0.39, 0.29) is 12.5 Å². The summed E-state index contributed by atoms with van der Waals surface area (Å²) in [5, 5.41) is 5.20. The number of aromatic nitrogens is 1. The Hall–Kier alpha value is -3.06. The zero-order valence-corrected chi connectivity index (χ0v) is 15.7. The quantitative estimate of drug-likeness (QED) is 0.741. The van der Waals surface area contributed by atoms with Crippen molar-refractivity contribution in [3.63, 3.8) is 0 Å². The standard InChI is InChI=1S/C20H18N2O4S/c1-12-7-8-15(24-2)13(9-12)14-11-27-20(21-14)22-19(23)18-10-25-16-5-3-4-6-17(16)26-18/h3-9,11,18H,10H2,1-2H3,(H,21,22,23)/t18-/m1/s1. The number of anilines is 1. The van der Waals surface area contributed by atoms with E-state index in [0.29, 0.717) is 16.6 Å². The van der Waals surface area contributed by atoms with E-state index in [2.05, 4.69) is 10.3 Å². The average molecular weight is 382 g/mol. The van der Waals surface area contributed by atoms with Crippen molar-refractivity contribution < 1.29 is 19.0 Å². The minimum atomic E-state index is -0.722.